The van der Waals surface area contributed by atoms with Crippen LogP contribution in [0.25, 0.3) is 27.7 Å². The van der Waals surface area contributed by atoms with Crippen LogP contribution in [0.1, 0.15) is 17.2 Å². The highest BCUT2D eigenvalue weighted by molar-refractivity contribution is 6.03. The standard InChI is InChI=1S/C21H14O/c1-2-8-15-14-9-4-5-10-16(14)20-18-12-6-7-13-19(18)22-21(20)17(15)11-3-1/h1-13,17H. The highest BCUT2D eigenvalue weighted by atomic mass is 16.3. The first-order valence-corrected chi connectivity index (χ1v) is 7.60. The molecule has 2 aromatic carbocycles. The molecule has 0 saturated heterocycles. The van der Waals surface area contributed by atoms with Crippen molar-refractivity contribution in [1.82, 2.24) is 0 Å². The van der Waals surface area contributed by atoms with Gasteiger partial charge in [0.15, 0.2) is 0 Å². The van der Waals surface area contributed by atoms with Crippen molar-refractivity contribution in [3.05, 3.63) is 90.2 Å². The quantitative estimate of drug-likeness (QED) is 0.515. The molecule has 1 heteroatoms. The predicted octanol–water partition coefficient (Wildman–Crippen LogP) is 5.71. The number of hydrogen-bond donors (Lipinski definition) is 0. The topological polar surface area (TPSA) is 13.1 Å². The van der Waals surface area contributed by atoms with Gasteiger partial charge in [-0.05, 0) is 22.8 Å². The first-order chi connectivity index (χ1) is 10.9. The lowest BCUT2D eigenvalue weighted by molar-refractivity contribution is 0.553. The number of furan rings is 1. The van der Waals surface area contributed by atoms with Crippen molar-refractivity contribution in [2.45, 2.75) is 5.92 Å². The molecule has 0 fully saturated rings. The van der Waals surface area contributed by atoms with Gasteiger partial charge in [0, 0.05) is 10.9 Å². The minimum absolute atomic E-state index is 0.187. The van der Waals surface area contributed by atoms with Crippen molar-refractivity contribution in [2.75, 3.05) is 0 Å². The second kappa shape index (κ2) is 4.35. The van der Waals surface area contributed by atoms with E-state index in [1.54, 1.807) is 0 Å². The van der Waals surface area contributed by atoms with E-state index in [1.807, 2.05) is 6.07 Å². The Hall–Kier alpha value is -2.80. The SMILES string of the molecule is C1=CC=C2c3ccccc3-c3c(oc4ccccc34)C2C=C1. The predicted molar refractivity (Wildman–Crippen MR) is 90.6 cm³/mol. The summed E-state index contributed by atoms with van der Waals surface area (Å²) in [5.74, 6) is 1.25. The van der Waals surface area contributed by atoms with E-state index in [-0.39, 0.29) is 5.92 Å². The molecule has 0 amide bonds. The van der Waals surface area contributed by atoms with E-state index in [2.05, 4.69) is 72.8 Å². The third kappa shape index (κ3) is 1.48. The summed E-state index contributed by atoms with van der Waals surface area (Å²) in [6, 6.07) is 17.0. The fourth-order valence-corrected chi connectivity index (χ4v) is 3.61. The lowest BCUT2D eigenvalue weighted by Gasteiger charge is -2.24. The Morgan fingerprint density at radius 1 is 0.773 bits per heavy atom. The van der Waals surface area contributed by atoms with Crippen molar-refractivity contribution < 1.29 is 4.42 Å². The van der Waals surface area contributed by atoms with Crippen LogP contribution in [0.4, 0.5) is 0 Å². The number of para-hydroxylation sites is 1. The maximum Gasteiger partial charge on any atom is 0.134 e. The Balaban J connectivity index is 1.95. The maximum absolute atomic E-state index is 6.25. The third-order valence-corrected chi connectivity index (χ3v) is 4.55. The van der Waals surface area contributed by atoms with Gasteiger partial charge in [-0.15, -0.1) is 0 Å². The molecule has 0 spiro atoms. The van der Waals surface area contributed by atoms with E-state index in [4.69, 9.17) is 4.42 Å². The molecule has 104 valence electrons. The average Bonchev–Trinajstić information content (AvgIpc) is 2.78. The van der Waals surface area contributed by atoms with Crippen molar-refractivity contribution in [3.63, 3.8) is 0 Å². The minimum atomic E-state index is 0.187. The van der Waals surface area contributed by atoms with Crippen LogP contribution < -0.4 is 0 Å². The van der Waals surface area contributed by atoms with Crippen molar-refractivity contribution >= 4 is 16.5 Å². The molecule has 1 atom stereocenters. The molecule has 1 aromatic heterocycles. The van der Waals surface area contributed by atoms with Crippen LogP contribution in [0.15, 0.2) is 83.3 Å². The molecule has 1 unspecified atom stereocenters. The molecule has 0 N–H and O–H groups in total. The fraction of sp³-hybridized carbons (Fsp3) is 0.0476. The van der Waals surface area contributed by atoms with Crippen molar-refractivity contribution in [3.8, 4) is 11.1 Å². The van der Waals surface area contributed by atoms with Crippen LogP contribution in [-0.2, 0) is 0 Å². The summed E-state index contributed by atoms with van der Waals surface area (Å²) in [5.41, 5.74) is 6.11. The van der Waals surface area contributed by atoms with E-state index >= 15 is 0 Å². The summed E-state index contributed by atoms with van der Waals surface area (Å²) in [6.45, 7) is 0. The number of fused-ring (bicyclic) bond motifs is 8. The minimum Gasteiger partial charge on any atom is -0.459 e. The molecule has 1 heterocycles. The van der Waals surface area contributed by atoms with E-state index in [9.17, 15) is 0 Å². The lowest BCUT2D eigenvalue weighted by Crippen LogP contribution is -2.06. The molecule has 2 aliphatic carbocycles. The van der Waals surface area contributed by atoms with Crippen LogP contribution in [0.3, 0.4) is 0 Å². The highest BCUT2D eigenvalue weighted by Crippen LogP contribution is 2.51. The number of benzene rings is 2. The van der Waals surface area contributed by atoms with E-state index in [0.717, 1.165) is 11.3 Å². The van der Waals surface area contributed by atoms with Crippen molar-refractivity contribution in [2.24, 2.45) is 0 Å². The summed E-state index contributed by atoms with van der Waals surface area (Å²) in [6.07, 6.45) is 10.7. The van der Waals surface area contributed by atoms with Gasteiger partial charge < -0.3 is 4.42 Å². The number of allylic oxidation sites excluding steroid dienone is 6. The second-order valence-corrected chi connectivity index (χ2v) is 5.75. The van der Waals surface area contributed by atoms with Gasteiger partial charge in [-0.2, -0.15) is 0 Å². The zero-order chi connectivity index (χ0) is 14.5. The summed E-state index contributed by atoms with van der Waals surface area (Å²) < 4.78 is 6.25. The van der Waals surface area contributed by atoms with Gasteiger partial charge in [-0.3, -0.25) is 0 Å². The normalized spacial score (nSPS) is 18.4. The molecule has 5 rings (SSSR count). The Bertz CT molecular complexity index is 982. The molecular formula is C21H14O. The molecule has 1 nitrogen and oxygen atoms in total. The molecule has 22 heavy (non-hydrogen) atoms. The van der Waals surface area contributed by atoms with Gasteiger partial charge in [0.05, 0.1) is 5.92 Å². The number of rotatable bonds is 0. The summed E-state index contributed by atoms with van der Waals surface area (Å²) in [7, 11) is 0. The van der Waals surface area contributed by atoms with Gasteiger partial charge >= 0.3 is 0 Å². The van der Waals surface area contributed by atoms with Gasteiger partial charge in [0.1, 0.15) is 11.3 Å². The molecular weight excluding hydrogens is 268 g/mol. The Morgan fingerprint density at radius 2 is 1.59 bits per heavy atom. The maximum atomic E-state index is 6.25. The first-order valence-electron chi connectivity index (χ1n) is 7.60. The summed E-state index contributed by atoms with van der Waals surface area (Å²) in [5, 5.41) is 1.20. The average molecular weight is 282 g/mol. The molecule has 0 bridgehead atoms. The van der Waals surface area contributed by atoms with E-state index in [0.29, 0.717) is 0 Å². The Kier molecular flexibility index (Phi) is 2.33. The van der Waals surface area contributed by atoms with Gasteiger partial charge in [-0.25, -0.2) is 0 Å². The smallest absolute Gasteiger partial charge is 0.134 e. The van der Waals surface area contributed by atoms with E-state index < -0.39 is 0 Å². The zero-order valence-corrected chi connectivity index (χ0v) is 12.0. The van der Waals surface area contributed by atoms with Crippen LogP contribution in [0.2, 0.25) is 0 Å². The molecule has 3 aromatic rings. The summed E-state index contributed by atoms with van der Waals surface area (Å²) in [4.78, 5) is 0. The van der Waals surface area contributed by atoms with Gasteiger partial charge in [-0.1, -0.05) is 72.8 Å². The second-order valence-electron chi connectivity index (χ2n) is 5.75. The third-order valence-electron chi connectivity index (χ3n) is 4.55. The van der Waals surface area contributed by atoms with Gasteiger partial charge in [0.2, 0.25) is 0 Å². The largest absolute Gasteiger partial charge is 0.459 e. The lowest BCUT2D eigenvalue weighted by atomic mass is 9.78. The number of hydrogen-bond acceptors (Lipinski definition) is 1. The van der Waals surface area contributed by atoms with Gasteiger partial charge in [0.25, 0.3) is 0 Å². The fourth-order valence-electron chi connectivity index (χ4n) is 3.61. The summed E-state index contributed by atoms with van der Waals surface area (Å²) >= 11 is 0. The zero-order valence-electron chi connectivity index (χ0n) is 12.0. The van der Waals surface area contributed by atoms with E-state index in [1.165, 1.54) is 27.6 Å². The Morgan fingerprint density at radius 3 is 2.55 bits per heavy atom. The first kappa shape index (κ1) is 11.8. The van der Waals surface area contributed by atoms with Crippen molar-refractivity contribution in [1.29, 1.82) is 0 Å². The Labute approximate surface area is 128 Å². The molecule has 0 saturated carbocycles. The monoisotopic (exact) mass is 282 g/mol. The molecule has 2 aliphatic rings. The van der Waals surface area contributed by atoms with Crippen LogP contribution in [0.5, 0.6) is 0 Å². The highest BCUT2D eigenvalue weighted by Gasteiger charge is 2.32. The molecule has 0 aliphatic heterocycles. The van der Waals surface area contributed by atoms with Crippen LogP contribution >= 0.6 is 0 Å². The molecule has 0 radical (unpaired) electrons. The van der Waals surface area contributed by atoms with Crippen LogP contribution in [0, 0.1) is 0 Å². The van der Waals surface area contributed by atoms with Crippen LogP contribution in [-0.4, -0.2) is 0 Å².